The van der Waals surface area contributed by atoms with Gasteiger partial charge in [-0.15, -0.1) is 0 Å². The van der Waals surface area contributed by atoms with E-state index in [1.54, 1.807) is 0 Å². The Morgan fingerprint density at radius 3 is 1.62 bits per heavy atom. The maximum Gasteiger partial charge on any atom is 0.135 e. The molecule has 0 aliphatic rings. The maximum absolute atomic E-state index is 10.0. The van der Waals surface area contributed by atoms with Crippen molar-refractivity contribution in [2.24, 2.45) is 0 Å². The molecular formula is C46H28O. The molecule has 1 heteroatoms. The Morgan fingerprint density at radius 1 is 0.340 bits per heavy atom. The van der Waals surface area contributed by atoms with E-state index >= 15 is 0 Å². The van der Waals surface area contributed by atoms with Gasteiger partial charge in [0, 0.05) is 10.8 Å². The number of rotatable bonds is 3. The van der Waals surface area contributed by atoms with Crippen LogP contribution in [0.1, 0.15) is 38.4 Å². The van der Waals surface area contributed by atoms with E-state index in [1.807, 2.05) is 0 Å². The van der Waals surface area contributed by atoms with Gasteiger partial charge < -0.3 is 4.42 Å². The third kappa shape index (κ3) is 3.97. The van der Waals surface area contributed by atoms with Crippen molar-refractivity contribution >= 4 is 65.0 Å². The molecule has 0 radical (unpaired) electrons. The summed E-state index contributed by atoms with van der Waals surface area (Å²) >= 11 is 0. The standard InChI is InChI=1S/C46H28O/c1-2-15-34-29(11-1)23-24-30-12-10-21-35(44(30)34)31-13-9-14-32(27-31)45-37-17-3-5-19-39(37)46(40-20-6-4-18-38(40)45)33-25-26-43-41(28-33)36-16-7-8-22-42(36)47-43/h1-28H/i1D,2D,3D,4D,5D,6D,7D,8D,9D,10D,11D,12D,13D,14D,15D,16D,17D,18D,19D,20D,21D,22D,23D,24D,25D,26D,27D,28D. The smallest absolute Gasteiger partial charge is 0.135 e. The van der Waals surface area contributed by atoms with Gasteiger partial charge in [-0.2, -0.15) is 0 Å². The van der Waals surface area contributed by atoms with Crippen LogP contribution in [-0.2, 0) is 0 Å². The molecule has 0 atom stereocenters. The van der Waals surface area contributed by atoms with Crippen molar-refractivity contribution in [3.63, 3.8) is 0 Å². The summed E-state index contributed by atoms with van der Waals surface area (Å²) in [6, 6.07) is -26.2. The van der Waals surface area contributed by atoms with Gasteiger partial charge in [0.15, 0.2) is 0 Å². The highest BCUT2D eigenvalue weighted by Crippen LogP contribution is 2.45. The molecule has 0 aliphatic carbocycles. The maximum atomic E-state index is 10.0. The van der Waals surface area contributed by atoms with Crippen LogP contribution in [0.4, 0.5) is 0 Å². The van der Waals surface area contributed by atoms with Crippen LogP contribution in [0.5, 0.6) is 0 Å². The van der Waals surface area contributed by atoms with Crippen molar-refractivity contribution in [3.05, 3.63) is 169 Å². The van der Waals surface area contributed by atoms with E-state index in [2.05, 4.69) is 0 Å². The molecule has 0 spiro atoms. The number of para-hydroxylation sites is 1. The van der Waals surface area contributed by atoms with Gasteiger partial charge in [0.05, 0.1) is 38.4 Å². The zero-order chi connectivity index (χ0) is 55.3. The summed E-state index contributed by atoms with van der Waals surface area (Å²) in [6.45, 7) is 0. The first-order chi connectivity index (χ1) is 35.0. The lowest BCUT2D eigenvalue weighted by molar-refractivity contribution is 0.669. The normalized spacial score (nSPS) is 20.2. The first-order valence-corrected chi connectivity index (χ1v) is 13.9. The quantitative estimate of drug-likeness (QED) is 0.141. The van der Waals surface area contributed by atoms with Crippen molar-refractivity contribution in [2.45, 2.75) is 0 Å². The molecule has 218 valence electrons. The zero-order valence-corrected chi connectivity index (χ0v) is 23.4. The average molecular weight is 625 g/mol. The Morgan fingerprint density at radius 2 is 0.872 bits per heavy atom. The second kappa shape index (κ2) is 10.2. The first kappa shape index (κ1) is 10.7. The fourth-order valence-corrected chi connectivity index (χ4v) is 5.80. The van der Waals surface area contributed by atoms with Gasteiger partial charge in [-0.25, -0.2) is 0 Å². The molecule has 0 saturated carbocycles. The minimum absolute atomic E-state index is 0.441. The number of furan rings is 1. The SMILES string of the molecule is [2H]c1c([2H])c(-c2c3c([2H])c([2H])c([2H])c([2H])c3c(-c3c([2H])c([2H])c4oc5c([2H])c([2H])c([2H])c([2H])c5c4c3[2H])c3c([2H])c([2H])c([2H])c([2H])c23)c([2H])c(-c2c([2H])c([2H])c([2H])c3c([2H])c([2H])c4c([2H])c([2H])c([2H])c([2H])c4c23)c1[2H]. The minimum atomic E-state index is -1.12. The van der Waals surface area contributed by atoms with Crippen LogP contribution < -0.4 is 0 Å². The van der Waals surface area contributed by atoms with Crippen LogP contribution >= 0.6 is 0 Å². The molecule has 10 rings (SSSR count). The third-order valence-electron chi connectivity index (χ3n) is 7.76. The van der Waals surface area contributed by atoms with Crippen LogP contribution in [0.25, 0.3) is 98.4 Å². The number of hydrogen-bond donors (Lipinski definition) is 0. The molecule has 0 fully saturated rings. The second-order valence-corrected chi connectivity index (χ2v) is 10.3. The van der Waals surface area contributed by atoms with Gasteiger partial charge in [0.25, 0.3) is 0 Å². The van der Waals surface area contributed by atoms with E-state index in [0.29, 0.717) is 0 Å². The van der Waals surface area contributed by atoms with E-state index in [4.69, 9.17) is 27.7 Å². The lowest BCUT2D eigenvalue weighted by Crippen LogP contribution is -1.91. The Bertz CT molecular complexity index is 4360. The van der Waals surface area contributed by atoms with Gasteiger partial charge in [0.1, 0.15) is 11.2 Å². The summed E-state index contributed by atoms with van der Waals surface area (Å²) in [5.41, 5.74) is -5.99. The Kier molecular flexibility index (Phi) is 2.31. The van der Waals surface area contributed by atoms with E-state index in [0.717, 1.165) is 0 Å². The van der Waals surface area contributed by atoms with E-state index in [9.17, 15) is 15.1 Å². The third-order valence-corrected chi connectivity index (χ3v) is 7.76. The molecule has 9 aromatic carbocycles. The molecule has 1 aromatic heterocycles. The van der Waals surface area contributed by atoms with Crippen molar-refractivity contribution in [3.8, 4) is 33.4 Å². The minimum Gasteiger partial charge on any atom is -0.456 e. The Balaban J connectivity index is 1.51. The van der Waals surface area contributed by atoms with Gasteiger partial charge in [-0.3, -0.25) is 0 Å². The van der Waals surface area contributed by atoms with Crippen LogP contribution in [0.3, 0.4) is 0 Å². The van der Waals surface area contributed by atoms with E-state index < -0.39 is 268 Å². The lowest BCUT2D eigenvalue weighted by Gasteiger charge is -2.18. The lowest BCUT2D eigenvalue weighted by atomic mass is 9.85. The molecule has 10 aromatic rings. The molecule has 47 heavy (non-hydrogen) atoms. The Hall–Kier alpha value is -6.18. The zero-order valence-electron chi connectivity index (χ0n) is 51.4. The van der Waals surface area contributed by atoms with Crippen molar-refractivity contribution < 1.29 is 42.8 Å². The average Bonchev–Trinajstić information content (AvgIpc) is 3.81. The van der Waals surface area contributed by atoms with Crippen LogP contribution in [-0.4, -0.2) is 0 Å². The summed E-state index contributed by atoms with van der Waals surface area (Å²) in [4.78, 5) is 0. The molecule has 0 amide bonds. The fourth-order valence-electron chi connectivity index (χ4n) is 5.80. The van der Waals surface area contributed by atoms with Crippen molar-refractivity contribution in [1.82, 2.24) is 0 Å². The van der Waals surface area contributed by atoms with Gasteiger partial charge in [0.2, 0.25) is 0 Å². The molecule has 0 unspecified atom stereocenters. The van der Waals surface area contributed by atoms with E-state index in [1.165, 1.54) is 0 Å². The molecule has 1 heterocycles. The number of hydrogen-bond acceptors (Lipinski definition) is 1. The van der Waals surface area contributed by atoms with E-state index in [-0.39, 0.29) is 0 Å². The monoisotopic (exact) mass is 624 g/mol. The number of fused-ring (bicyclic) bond motifs is 8. The summed E-state index contributed by atoms with van der Waals surface area (Å²) in [5, 5.41) is -6.48. The van der Waals surface area contributed by atoms with Gasteiger partial charge in [-0.05, 0) is 101 Å². The predicted octanol–water partition coefficient (Wildman–Crippen LogP) is 13.2. The first-order valence-electron chi connectivity index (χ1n) is 27.9. The largest absolute Gasteiger partial charge is 0.456 e. The topological polar surface area (TPSA) is 13.1 Å². The Labute approximate surface area is 311 Å². The summed E-state index contributed by atoms with van der Waals surface area (Å²) < 4.78 is 259. The highest BCUT2D eigenvalue weighted by Gasteiger charge is 2.18. The number of benzene rings is 9. The molecule has 0 bridgehead atoms. The molecular weight excluding hydrogens is 569 g/mol. The highest BCUT2D eigenvalue weighted by molar-refractivity contribution is 6.22. The second-order valence-electron chi connectivity index (χ2n) is 10.3. The highest BCUT2D eigenvalue weighted by atomic mass is 16.3. The van der Waals surface area contributed by atoms with Crippen LogP contribution in [0, 0.1) is 0 Å². The molecule has 0 saturated heterocycles. The van der Waals surface area contributed by atoms with Gasteiger partial charge in [-0.1, -0.05) is 145 Å². The van der Waals surface area contributed by atoms with Gasteiger partial charge >= 0.3 is 0 Å². The van der Waals surface area contributed by atoms with Crippen molar-refractivity contribution in [1.29, 1.82) is 0 Å². The molecule has 0 aliphatic heterocycles. The van der Waals surface area contributed by atoms with Crippen LogP contribution in [0.15, 0.2) is 174 Å². The fraction of sp³-hybridized carbons (Fsp3) is 0. The summed E-state index contributed by atoms with van der Waals surface area (Å²) in [7, 11) is 0. The molecule has 0 N–H and O–H groups in total. The summed E-state index contributed by atoms with van der Waals surface area (Å²) in [5.74, 6) is 0. The molecule has 1 nitrogen and oxygen atoms in total. The van der Waals surface area contributed by atoms with Crippen LogP contribution in [0.2, 0.25) is 0 Å². The predicted molar refractivity (Wildman–Crippen MR) is 200 cm³/mol. The summed E-state index contributed by atoms with van der Waals surface area (Å²) in [6.07, 6.45) is 0. The van der Waals surface area contributed by atoms with Crippen molar-refractivity contribution in [2.75, 3.05) is 0 Å².